The Balaban J connectivity index is 1.59. The summed E-state index contributed by atoms with van der Waals surface area (Å²) in [4.78, 5) is 2.57. The van der Waals surface area contributed by atoms with Crippen LogP contribution in [0.4, 0.5) is 0 Å². The van der Waals surface area contributed by atoms with E-state index in [1.165, 1.54) is 12.8 Å². The molecule has 0 bridgehead atoms. The molecule has 4 nitrogen and oxygen atoms in total. The van der Waals surface area contributed by atoms with E-state index in [1.54, 1.807) is 0 Å². The predicted octanol–water partition coefficient (Wildman–Crippen LogP) is 4.46. The number of aryl methyl sites for hydroxylation is 1. The van der Waals surface area contributed by atoms with Gasteiger partial charge in [0.15, 0.2) is 0 Å². The molecule has 1 aromatic rings. The van der Waals surface area contributed by atoms with Gasteiger partial charge in [0.25, 0.3) is 0 Å². The monoisotopic (exact) mass is 330 g/mol. The number of nitrogens with zero attached hydrogens (tertiary/aromatic N) is 2. The zero-order valence-electron chi connectivity index (χ0n) is 15.1. The number of rotatable bonds is 5. The molecule has 3 heterocycles. The standard InChI is InChI=1S/C20H30N2O2/c1-16-6-11-22(18(14-16)19-5-4-17(2)24-19)10-3-7-20(15-21)8-12-23-13-9-20/h4-5,16,18H,3,6-14H2,1-2H3. The van der Waals surface area contributed by atoms with Crippen LogP contribution in [0.3, 0.4) is 0 Å². The molecule has 2 fully saturated rings. The topological polar surface area (TPSA) is 49.4 Å². The van der Waals surface area contributed by atoms with Gasteiger partial charge in [-0.05, 0) is 76.6 Å². The van der Waals surface area contributed by atoms with Gasteiger partial charge >= 0.3 is 0 Å². The first kappa shape index (κ1) is 17.5. The maximum absolute atomic E-state index is 9.61. The lowest BCUT2D eigenvalue weighted by Crippen LogP contribution is -2.37. The van der Waals surface area contributed by atoms with E-state index in [-0.39, 0.29) is 5.41 Å². The first-order valence-electron chi connectivity index (χ1n) is 9.41. The number of hydrogen-bond acceptors (Lipinski definition) is 4. The summed E-state index contributed by atoms with van der Waals surface area (Å²) in [7, 11) is 0. The molecule has 24 heavy (non-hydrogen) atoms. The third-order valence-electron chi connectivity index (χ3n) is 5.85. The lowest BCUT2D eigenvalue weighted by molar-refractivity contribution is 0.0321. The summed E-state index contributed by atoms with van der Waals surface area (Å²) in [5.74, 6) is 2.85. The highest BCUT2D eigenvalue weighted by Gasteiger charge is 2.34. The fraction of sp³-hybridized carbons (Fsp3) is 0.750. The average Bonchev–Trinajstić information content (AvgIpc) is 3.03. The van der Waals surface area contributed by atoms with E-state index in [9.17, 15) is 5.26 Å². The van der Waals surface area contributed by atoms with Crippen molar-refractivity contribution in [2.75, 3.05) is 26.3 Å². The zero-order chi connectivity index (χ0) is 17.0. The molecule has 0 amide bonds. The number of nitriles is 1. The second-order valence-electron chi connectivity index (χ2n) is 7.74. The Bertz CT molecular complexity index is 568. The van der Waals surface area contributed by atoms with Crippen LogP contribution in [0.1, 0.15) is 63.0 Å². The van der Waals surface area contributed by atoms with Gasteiger partial charge < -0.3 is 9.15 Å². The largest absolute Gasteiger partial charge is 0.465 e. The summed E-state index contributed by atoms with van der Waals surface area (Å²) in [6, 6.07) is 7.20. The van der Waals surface area contributed by atoms with Crippen molar-refractivity contribution in [2.24, 2.45) is 11.3 Å². The van der Waals surface area contributed by atoms with Crippen LogP contribution in [0.5, 0.6) is 0 Å². The van der Waals surface area contributed by atoms with E-state index in [0.717, 1.165) is 69.4 Å². The van der Waals surface area contributed by atoms with Crippen molar-refractivity contribution in [1.29, 1.82) is 5.26 Å². The Labute approximate surface area is 145 Å². The Morgan fingerprint density at radius 3 is 2.79 bits per heavy atom. The van der Waals surface area contributed by atoms with Crippen LogP contribution >= 0.6 is 0 Å². The fourth-order valence-electron chi connectivity index (χ4n) is 4.19. The minimum atomic E-state index is -0.155. The minimum Gasteiger partial charge on any atom is -0.465 e. The summed E-state index contributed by atoms with van der Waals surface area (Å²) in [6.07, 6.45) is 6.28. The van der Waals surface area contributed by atoms with Crippen LogP contribution in [0.15, 0.2) is 16.5 Å². The molecule has 1 aromatic heterocycles. The van der Waals surface area contributed by atoms with Crippen molar-refractivity contribution in [1.82, 2.24) is 4.90 Å². The van der Waals surface area contributed by atoms with Gasteiger partial charge in [-0.1, -0.05) is 6.92 Å². The number of furan rings is 1. The van der Waals surface area contributed by atoms with Crippen molar-refractivity contribution in [3.63, 3.8) is 0 Å². The Hall–Kier alpha value is -1.31. The summed E-state index contributed by atoms with van der Waals surface area (Å²) >= 11 is 0. The number of hydrogen-bond donors (Lipinski definition) is 0. The second kappa shape index (κ2) is 7.72. The molecular formula is C20H30N2O2. The minimum absolute atomic E-state index is 0.155. The van der Waals surface area contributed by atoms with E-state index in [2.05, 4.69) is 30.0 Å². The molecule has 0 aromatic carbocycles. The van der Waals surface area contributed by atoms with E-state index in [1.807, 2.05) is 6.92 Å². The van der Waals surface area contributed by atoms with Gasteiger partial charge in [-0.15, -0.1) is 0 Å². The second-order valence-corrected chi connectivity index (χ2v) is 7.74. The first-order valence-corrected chi connectivity index (χ1v) is 9.41. The van der Waals surface area contributed by atoms with Crippen LogP contribution in [-0.4, -0.2) is 31.2 Å². The van der Waals surface area contributed by atoms with Gasteiger partial charge in [-0.2, -0.15) is 5.26 Å². The molecule has 2 atom stereocenters. The third-order valence-corrected chi connectivity index (χ3v) is 5.85. The maximum Gasteiger partial charge on any atom is 0.121 e. The molecule has 4 heteroatoms. The molecule has 0 N–H and O–H groups in total. The molecule has 0 radical (unpaired) electrons. The van der Waals surface area contributed by atoms with E-state index < -0.39 is 0 Å². The fourth-order valence-corrected chi connectivity index (χ4v) is 4.19. The SMILES string of the molecule is Cc1ccc(C2CC(C)CCN2CCCC2(C#N)CCOCC2)o1. The quantitative estimate of drug-likeness (QED) is 0.799. The van der Waals surface area contributed by atoms with Crippen molar-refractivity contribution in [3.05, 3.63) is 23.7 Å². The lowest BCUT2D eigenvalue weighted by Gasteiger charge is -2.38. The van der Waals surface area contributed by atoms with Crippen molar-refractivity contribution < 1.29 is 9.15 Å². The predicted molar refractivity (Wildman–Crippen MR) is 93.5 cm³/mol. The molecule has 2 saturated heterocycles. The number of likely N-dealkylation sites (tertiary alicyclic amines) is 1. The Morgan fingerprint density at radius 1 is 1.33 bits per heavy atom. The van der Waals surface area contributed by atoms with Crippen molar-refractivity contribution in [3.8, 4) is 6.07 Å². The molecule has 2 aliphatic heterocycles. The van der Waals surface area contributed by atoms with Crippen LogP contribution < -0.4 is 0 Å². The Kier molecular flexibility index (Phi) is 5.63. The van der Waals surface area contributed by atoms with Crippen LogP contribution in [-0.2, 0) is 4.74 Å². The van der Waals surface area contributed by atoms with Crippen molar-refractivity contribution in [2.45, 2.75) is 58.4 Å². The molecule has 0 saturated carbocycles. The molecule has 2 unspecified atom stereocenters. The van der Waals surface area contributed by atoms with E-state index in [0.29, 0.717) is 6.04 Å². The van der Waals surface area contributed by atoms with Gasteiger partial charge in [0.05, 0.1) is 17.5 Å². The highest BCUT2D eigenvalue weighted by atomic mass is 16.5. The molecule has 0 aliphatic carbocycles. The Morgan fingerprint density at radius 2 is 2.12 bits per heavy atom. The molecule has 132 valence electrons. The lowest BCUT2D eigenvalue weighted by atomic mass is 9.77. The number of piperidine rings is 1. The molecule has 3 rings (SSSR count). The average molecular weight is 330 g/mol. The summed E-state index contributed by atoms with van der Waals surface area (Å²) in [5, 5.41) is 9.61. The normalized spacial score (nSPS) is 27.7. The smallest absolute Gasteiger partial charge is 0.121 e. The third kappa shape index (κ3) is 4.02. The van der Waals surface area contributed by atoms with Crippen molar-refractivity contribution >= 4 is 0 Å². The van der Waals surface area contributed by atoms with Crippen LogP contribution in [0, 0.1) is 29.6 Å². The van der Waals surface area contributed by atoms with E-state index in [4.69, 9.17) is 9.15 Å². The van der Waals surface area contributed by atoms with Crippen LogP contribution in [0.25, 0.3) is 0 Å². The highest BCUT2D eigenvalue weighted by Crippen LogP contribution is 2.37. The van der Waals surface area contributed by atoms with Gasteiger partial charge in [0.2, 0.25) is 0 Å². The summed E-state index contributed by atoms with van der Waals surface area (Å²) < 4.78 is 11.4. The molecule has 0 spiro atoms. The molecular weight excluding hydrogens is 300 g/mol. The van der Waals surface area contributed by atoms with Gasteiger partial charge in [0.1, 0.15) is 11.5 Å². The zero-order valence-corrected chi connectivity index (χ0v) is 15.1. The van der Waals surface area contributed by atoms with E-state index >= 15 is 0 Å². The summed E-state index contributed by atoms with van der Waals surface area (Å²) in [5.41, 5.74) is -0.155. The maximum atomic E-state index is 9.61. The number of ether oxygens (including phenoxy) is 1. The van der Waals surface area contributed by atoms with Gasteiger partial charge in [0, 0.05) is 13.2 Å². The molecule has 2 aliphatic rings. The first-order chi connectivity index (χ1) is 11.6. The van der Waals surface area contributed by atoms with Gasteiger partial charge in [-0.25, -0.2) is 0 Å². The highest BCUT2D eigenvalue weighted by molar-refractivity contribution is 5.11. The summed E-state index contributed by atoms with van der Waals surface area (Å²) in [6.45, 7) is 8.02. The van der Waals surface area contributed by atoms with Crippen LogP contribution in [0.2, 0.25) is 0 Å². The van der Waals surface area contributed by atoms with Gasteiger partial charge in [-0.3, -0.25) is 4.90 Å².